The van der Waals surface area contributed by atoms with Crippen LogP contribution in [0.5, 0.6) is 0 Å². The number of hydrogen-bond donors (Lipinski definition) is 2. The predicted octanol–water partition coefficient (Wildman–Crippen LogP) is 1.36. The minimum absolute atomic E-state index is 0.127. The molecule has 0 spiro atoms. The summed E-state index contributed by atoms with van der Waals surface area (Å²) < 4.78 is 0. The molecule has 0 bridgehead atoms. The lowest BCUT2D eigenvalue weighted by atomic mass is 9.99. The molecule has 1 rings (SSSR count). The average molecular weight is 255 g/mol. The molecule has 2 N–H and O–H groups in total. The van der Waals surface area contributed by atoms with Gasteiger partial charge in [-0.05, 0) is 46.7 Å². The Hall–Kier alpha value is -0.610. The third-order valence-corrected chi connectivity index (χ3v) is 3.89. The van der Waals surface area contributed by atoms with Crippen LogP contribution >= 0.6 is 0 Å². The molecular weight excluding hydrogens is 226 g/mol. The normalized spacial score (nSPS) is 26.9. The summed E-state index contributed by atoms with van der Waals surface area (Å²) in [5.74, 6) is 0.127. The van der Waals surface area contributed by atoms with Crippen molar-refractivity contribution < 1.29 is 4.79 Å². The minimum atomic E-state index is 0.127. The summed E-state index contributed by atoms with van der Waals surface area (Å²) in [5, 5.41) is 6.41. The average Bonchev–Trinajstić information content (AvgIpc) is 2.31. The molecule has 0 radical (unpaired) electrons. The van der Waals surface area contributed by atoms with Gasteiger partial charge in [-0.2, -0.15) is 0 Å². The number of nitrogens with one attached hydrogen (secondary N) is 2. The van der Waals surface area contributed by atoms with E-state index in [1.807, 2.05) is 0 Å². The van der Waals surface area contributed by atoms with Crippen molar-refractivity contribution in [3.8, 4) is 0 Å². The predicted molar refractivity (Wildman–Crippen MR) is 75.6 cm³/mol. The van der Waals surface area contributed by atoms with Crippen molar-refractivity contribution in [2.45, 2.75) is 64.6 Å². The maximum absolute atomic E-state index is 11.7. The van der Waals surface area contributed by atoms with Gasteiger partial charge in [0.15, 0.2) is 0 Å². The standard InChI is InChI=1S/C14H29N3O/c1-5-6-11(2)16-14(18)10-15-13-7-8-17(4)12(3)9-13/h11-13,15H,5-10H2,1-4H3,(H,16,18). The van der Waals surface area contributed by atoms with Crippen molar-refractivity contribution in [1.29, 1.82) is 0 Å². The van der Waals surface area contributed by atoms with Crippen LogP contribution in [0.4, 0.5) is 0 Å². The largest absolute Gasteiger partial charge is 0.353 e. The van der Waals surface area contributed by atoms with E-state index in [2.05, 4.69) is 43.4 Å². The van der Waals surface area contributed by atoms with Crippen LogP contribution in [-0.2, 0) is 4.79 Å². The second-order valence-corrected chi connectivity index (χ2v) is 5.69. The van der Waals surface area contributed by atoms with Crippen LogP contribution in [0.3, 0.4) is 0 Å². The van der Waals surface area contributed by atoms with E-state index >= 15 is 0 Å². The van der Waals surface area contributed by atoms with Gasteiger partial charge in [-0.3, -0.25) is 4.79 Å². The zero-order valence-electron chi connectivity index (χ0n) is 12.3. The van der Waals surface area contributed by atoms with Crippen LogP contribution in [0.1, 0.15) is 46.5 Å². The van der Waals surface area contributed by atoms with Gasteiger partial charge in [-0.1, -0.05) is 13.3 Å². The van der Waals surface area contributed by atoms with Gasteiger partial charge in [-0.25, -0.2) is 0 Å². The van der Waals surface area contributed by atoms with Crippen molar-refractivity contribution >= 4 is 5.91 Å². The summed E-state index contributed by atoms with van der Waals surface area (Å²) in [7, 11) is 2.17. The molecule has 1 heterocycles. The molecule has 4 nitrogen and oxygen atoms in total. The van der Waals surface area contributed by atoms with Gasteiger partial charge in [0.2, 0.25) is 5.91 Å². The second kappa shape index (κ2) is 7.74. The van der Waals surface area contributed by atoms with Crippen LogP contribution in [0, 0.1) is 0 Å². The molecule has 4 heteroatoms. The third-order valence-electron chi connectivity index (χ3n) is 3.89. The van der Waals surface area contributed by atoms with Gasteiger partial charge in [0.25, 0.3) is 0 Å². The third kappa shape index (κ3) is 5.36. The highest BCUT2D eigenvalue weighted by Gasteiger charge is 2.22. The Morgan fingerprint density at radius 1 is 1.50 bits per heavy atom. The summed E-state index contributed by atoms with van der Waals surface area (Å²) in [5.41, 5.74) is 0. The molecule has 3 atom stereocenters. The molecule has 1 aliphatic rings. The van der Waals surface area contributed by atoms with E-state index in [0.717, 1.165) is 32.2 Å². The fraction of sp³-hybridized carbons (Fsp3) is 0.929. The quantitative estimate of drug-likeness (QED) is 0.753. The van der Waals surface area contributed by atoms with E-state index in [4.69, 9.17) is 0 Å². The molecular formula is C14H29N3O. The van der Waals surface area contributed by atoms with Crippen molar-refractivity contribution in [3.05, 3.63) is 0 Å². The molecule has 1 fully saturated rings. The number of carbonyl (C=O) groups is 1. The zero-order chi connectivity index (χ0) is 13.5. The lowest BCUT2D eigenvalue weighted by Crippen LogP contribution is -2.48. The van der Waals surface area contributed by atoms with E-state index in [-0.39, 0.29) is 5.91 Å². The Bertz CT molecular complexity index is 257. The SMILES string of the molecule is CCCC(C)NC(=O)CNC1CCN(C)C(C)C1. The lowest BCUT2D eigenvalue weighted by molar-refractivity contribution is -0.121. The summed E-state index contributed by atoms with van der Waals surface area (Å²) in [4.78, 5) is 14.1. The number of rotatable bonds is 6. The smallest absolute Gasteiger partial charge is 0.234 e. The molecule has 0 aromatic carbocycles. The van der Waals surface area contributed by atoms with Crippen molar-refractivity contribution in [3.63, 3.8) is 0 Å². The maximum Gasteiger partial charge on any atom is 0.234 e. The van der Waals surface area contributed by atoms with Crippen LogP contribution < -0.4 is 10.6 Å². The van der Waals surface area contributed by atoms with Gasteiger partial charge in [0, 0.05) is 18.1 Å². The van der Waals surface area contributed by atoms with E-state index < -0.39 is 0 Å². The van der Waals surface area contributed by atoms with Crippen LogP contribution in [0.25, 0.3) is 0 Å². The van der Waals surface area contributed by atoms with Crippen LogP contribution in [0.2, 0.25) is 0 Å². The maximum atomic E-state index is 11.7. The van der Waals surface area contributed by atoms with Gasteiger partial charge in [0.1, 0.15) is 0 Å². The topological polar surface area (TPSA) is 44.4 Å². The molecule has 0 aromatic heterocycles. The van der Waals surface area contributed by atoms with E-state index in [1.54, 1.807) is 0 Å². The highest BCUT2D eigenvalue weighted by molar-refractivity contribution is 5.78. The monoisotopic (exact) mass is 255 g/mol. The number of nitrogens with zero attached hydrogens (tertiary/aromatic N) is 1. The van der Waals surface area contributed by atoms with Gasteiger partial charge in [0.05, 0.1) is 6.54 Å². The first-order valence-corrected chi connectivity index (χ1v) is 7.26. The van der Waals surface area contributed by atoms with Crippen LogP contribution in [-0.4, -0.2) is 49.1 Å². The summed E-state index contributed by atoms with van der Waals surface area (Å²) in [6.07, 6.45) is 4.44. The van der Waals surface area contributed by atoms with Gasteiger partial charge >= 0.3 is 0 Å². The van der Waals surface area contributed by atoms with Crippen molar-refractivity contribution in [2.24, 2.45) is 0 Å². The molecule has 1 saturated heterocycles. The van der Waals surface area contributed by atoms with Gasteiger partial charge in [-0.15, -0.1) is 0 Å². The lowest BCUT2D eigenvalue weighted by Gasteiger charge is -2.35. The molecule has 106 valence electrons. The van der Waals surface area contributed by atoms with E-state index in [1.165, 1.54) is 0 Å². The molecule has 3 unspecified atom stereocenters. The molecule has 18 heavy (non-hydrogen) atoms. The summed E-state index contributed by atoms with van der Waals surface area (Å²) in [6, 6.07) is 1.39. The number of hydrogen-bond acceptors (Lipinski definition) is 3. The zero-order valence-corrected chi connectivity index (χ0v) is 12.3. The fourth-order valence-corrected chi connectivity index (χ4v) is 2.54. The Kier molecular flexibility index (Phi) is 6.65. The summed E-state index contributed by atoms with van der Waals surface area (Å²) >= 11 is 0. The van der Waals surface area contributed by atoms with Crippen LogP contribution in [0.15, 0.2) is 0 Å². The number of likely N-dealkylation sites (tertiary alicyclic amines) is 1. The highest BCUT2D eigenvalue weighted by Crippen LogP contribution is 2.14. The number of carbonyl (C=O) groups excluding carboxylic acids is 1. The Morgan fingerprint density at radius 3 is 2.83 bits per heavy atom. The Morgan fingerprint density at radius 2 is 2.22 bits per heavy atom. The van der Waals surface area contributed by atoms with E-state index in [9.17, 15) is 4.79 Å². The molecule has 0 saturated carbocycles. The fourth-order valence-electron chi connectivity index (χ4n) is 2.54. The van der Waals surface area contributed by atoms with E-state index in [0.29, 0.717) is 24.7 Å². The minimum Gasteiger partial charge on any atom is -0.353 e. The summed E-state index contributed by atoms with van der Waals surface area (Å²) in [6.45, 7) is 8.03. The Labute approximate surface area is 111 Å². The van der Waals surface area contributed by atoms with Crippen molar-refractivity contribution in [1.82, 2.24) is 15.5 Å². The first kappa shape index (κ1) is 15.4. The highest BCUT2D eigenvalue weighted by atomic mass is 16.1. The Balaban J connectivity index is 2.18. The molecule has 0 aliphatic carbocycles. The van der Waals surface area contributed by atoms with Gasteiger partial charge < -0.3 is 15.5 Å². The molecule has 1 aliphatic heterocycles. The number of piperidine rings is 1. The molecule has 1 amide bonds. The number of amides is 1. The molecule has 0 aromatic rings. The first-order chi connectivity index (χ1) is 8.52. The van der Waals surface area contributed by atoms with Crippen molar-refractivity contribution in [2.75, 3.05) is 20.1 Å². The second-order valence-electron chi connectivity index (χ2n) is 5.69. The first-order valence-electron chi connectivity index (χ1n) is 7.26.